The number of halogens is 1. The third-order valence-corrected chi connectivity index (χ3v) is 4.86. The molecular weight excluding hydrogens is 400 g/mol. The van der Waals surface area contributed by atoms with Gasteiger partial charge in [-0.2, -0.15) is 0 Å². The van der Waals surface area contributed by atoms with Crippen molar-refractivity contribution in [2.45, 2.75) is 4.90 Å². The SMILES string of the molecule is CNC(=O)Nc1ccc(S(=O)(=O)NC(=O)c2ccc(Cl)cc2[N+](=O)[O-])cc1. The smallest absolute Gasteiger partial charge is 0.318 e. The molecule has 0 aromatic heterocycles. The second-order valence-corrected chi connectivity index (χ2v) is 7.20. The first-order valence-electron chi connectivity index (χ1n) is 7.24. The van der Waals surface area contributed by atoms with E-state index in [1.54, 1.807) is 4.72 Å². The van der Waals surface area contributed by atoms with Gasteiger partial charge in [0.25, 0.3) is 21.6 Å². The van der Waals surface area contributed by atoms with E-state index in [1.807, 2.05) is 0 Å². The second-order valence-electron chi connectivity index (χ2n) is 5.08. The van der Waals surface area contributed by atoms with Crippen molar-refractivity contribution >= 4 is 44.9 Å². The van der Waals surface area contributed by atoms with Crippen LogP contribution in [0.1, 0.15) is 10.4 Å². The largest absolute Gasteiger partial charge is 0.341 e. The molecule has 0 saturated heterocycles. The van der Waals surface area contributed by atoms with Crippen LogP contribution in [0.5, 0.6) is 0 Å². The third kappa shape index (κ3) is 4.92. The van der Waals surface area contributed by atoms with Gasteiger partial charge in [-0.15, -0.1) is 0 Å². The Balaban J connectivity index is 2.25. The maximum Gasteiger partial charge on any atom is 0.318 e. The van der Waals surface area contributed by atoms with E-state index in [1.165, 1.54) is 25.2 Å². The van der Waals surface area contributed by atoms with Gasteiger partial charge in [0.05, 0.1) is 9.82 Å². The zero-order valence-electron chi connectivity index (χ0n) is 13.7. The van der Waals surface area contributed by atoms with E-state index >= 15 is 0 Å². The van der Waals surface area contributed by atoms with Crippen molar-refractivity contribution in [1.29, 1.82) is 0 Å². The number of hydrogen-bond acceptors (Lipinski definition) is 6. The number of nitrogens with zero attached hydrogens (tertiary/aromatic N) is 1. The summed E-state index contributed by atoms with van der Waals surface area (Å²) in [5, 5.41) is 15.8. The Hall–Kier alpha value is -3.18. The van der Waals surface area contributed by atoms with E-state index in [4.69, 9.17) is 11.6 Å². The number of sulfonamides is 1. The number of carbonyl (C=O) groups is 2. The number of nitro benzene ring substituents is 1. The Kier molecular flexibility index (Phi) is 5.98. The standard InChI is InChI=1S/C15H13ClN4O6S/c1-17-15(22)18-10-3-5-11(6-4-10)27(25,26)19-14(21)12-7-2-9(16)8-13(12)20(23)24/h2-8H,1H3,(H,19,21)(H2,17,18,22). The lowest BCUT2D eigenvalue weighted by Crippen LogP contribution is -2.31. The van der Waals surface area contributed by atoms with Gasteiger partial charge in [0.2, 0.25) is 0 Å². The van der Waals surface area contributed by atoms with Crippen LogP contribution in [-0.4, -0.2) is 32.3 Å². The van der Waals surface area contributed by atoms with Crippen LogP contribution < -0.4 is 15.4 Å². The highest BCUT2D eigenvalue weighted by molar-refractivity contribution is 7.90. The molecule has 0 saturated carbocycles. The molecule has 0 radical (unpaired) electrons. The number of anilines is 1. The molecule has 0 atom stereocenters. The van der Waals surface area contributed by atoms with Crippen LogP contribution >= 0.6 is 11.6 Å². The molecular formula is C15H13ClN4O6S. The minimum absolute atomic E-state index is 0.0281. The van der Waals surface area contributed by atoms with Gasteiger partial charge in [-0.3, -0.25) is 14.9 Å². The predicted octanol–water partition coefficient (Wildman–Crippen LogP) is 2.12. The van der Waals surface area contributed by atoms with Crippen LogP contribution in [0.3, 0.4) is 0 Å². The maximum atomic E-state index is 12.3. The number of rotatable bonds is 5. The molecule has 27 heavy (non-hydrogen) atoms. The minimum atomic E-state index is -4.29. The third-order valence-electron chi connectivity index (χ3n) is 3.28. The van der Waals surface area contributed by atoms with Crippen LogP contribution in [0.25, 0.3) is 0 Å². The summed E-state index contributed by atoms with van der Waals surface area (Å²) in [4.78, 5) is 33.4. The lowest BCUT2D eigenvalue weighted by Gasteiger charge is -2.09. The highest BCUT2D eigenvalue weighted by Gasteiger charge is 2.25. The Bertz CT molecular complexity index is 1010. The van der Waals surface area contributed by atoms with Crippen molar-refractivity contribution in [1.82, 2.24) is 10.0 Å². The Labute approximate surface area is 158 Å². The molecule has 10 nitrogen and oxygen atoms in total. The molecule has 3 amide bonds. The first-order chi connectivity index (χ1) is 12.6. The number of amides is 3. The first kappa shape index (κ1) is 20.1. The van der Waals surface area contributed by atoms with E-state index in [2.05, 4.69) is 10.6 Å². The van der Waals surface area contributed by atoms with Crippen LogP contribution in [0.15, 0.2) is 47.4 Å². The second kappa shape index (κ2) is 8.01. The number of urea groups is 1. The lowest BCUT2D eigenvalue weighted by molar-refractivity contribution is -0.385. The van der Waals surface area contributed by atoms with Crippen LogP contribution in [0, 0.1) is 10.1 Å². The lowest BCUT2D eigenvalue weighted by atomic mass is 10.2. The van der Waals surface area contributed by atoms with E-state index < -0.39 is 38.1 Å². The number of nitro groups is 1. The Morgan fingerprint density at radius 3 is 2.30 bits per heavy atom. The molecule has 3 N–H and O–H groups in total. The molecule has 0 aliphatic rings. The van der Waals surface area contributed by atoms with Gasteiger partial charge >= 0.3 is 6.03 Å². The summed E-state index contributed by atoms with van der Waals surface area (Å²) in [5.74, 6) is -1.18. The first-order valence-corrected chi connectivity index (χ1v) is 9.10. The van der Waals surface area contributed by atoms with Gasteiger partial charge < -0.3 is 10.6 Å². The van der Waals surface area contributed by atoms with Gasteiger partial charge in [0, 0.05) is 23.8 Å². The quantitative estimate of drug-likeness (QED) is 0.506. The van der Waals surface area contributed by atoms with Crippen molar-refractivity contribution in [3.05, 3.63) is 63.2 Å². The van der Waals surface area contributed by atoms with Gasteiger partial charge in [-0.25, -0.2) is 17.9 Å². The molecule has 0 aliphatic carbocycles. The van der Waals surface area contributed by atoms with Crippen molar-refractivity contribution in [3.8, 4) is 0 Å². The summed E-state index contributed by atoms with van der Waals surface area (Å²) in [6.07, 6.45) is 0. The molecule has 0 spiro atoms. The average Bonchev–Trinajstić information content (AvgIpc) is 2.61. The summed E-state index contributed by atoms with van der Waals surface area (Å²) in [6, 6.07) is 7.71. The highest BCUT2D eigenvalue weighted by Crippen LogP contribution is 2.24. The fourth-order valence-electron chi connectivity index (χ4n) is 1.99. The number of benzene rings is 2. The molecule has 0 unspecified atom stereocenters. The Morgan fingerprint density at radius 2 is 1.74 bits per heavy atom. The summed E-state index contributed by atoms with van der Waals surface area (Å²) < 4.78 is 26.4. The number of hydrogen-bond donors (Lipinski definition) is 3. The minimum Gasteiger partial charge on any atom is -0.341 e. The van der Waals surface area contributed by atoms with Crippen molar-refractivity contribution in [2.75, 3.05) is 12.4 Å². The summed E-state index contributed by atoms with van der Waals surface area (Å²) in [5.41, 5.74) is -0.751. The van der Waals surface area contributed by atoms with Gasteiger partial charge in [-0.1, -0.05) is 11.6 Å². The molecule has 2 aromatic carbocycles. The molecule has 142 valence electrons. The van der Waals surface area contributed by atoms with Crippen LogP contribution in [0.2, 0.25) is 5.02 Å². The fraction of sp³-hybridized carbons (Fsp3) is 0.0667. The summed E-state index contributed by atoms with van der Waals surface area (Å²) >= 11 is 5.67. The molecule has 0 bridgehead atoms. The molecule has 0 heterocycles. The number of nitrogens with one attached hydrogen (secondary N) is 3. The van der Waals surface area contributed by atoms with Crippen LogP contribution in [-0.2, 0) is 10.0 Å². The zero-order chi connectivity index (χ0) is 20.2. The summed E-state index contributed by atoms with van der Waals surface area (Å²) in [7, 11) is -2.88. The normalized spacial score (nSPS) is 10.7. The van der Waals surface area contributed by atoms with Gasteiger partial charge in [0.1, 0.15) is 5.56 Å². The van der Waals surface area contributed by atoms with E-state index in [0.29, 0.717) is 5.69 Å². The summed E-state index contributed by atoms with van der Waals surface area (Å²) in [6.45, 7) is 0. The fourth-order valence-corrected chi connectivity index (χ4v) is 3.13. The van der Waals surface area contributed by atoms with E-state index in [9.17, 15) is 28.1 Å². The van der Waals surface area contributed by atoms with Crippen molar-refractivity contribution in [3.63, 3.8) is 0 Å². The predicted molar refractivity (Wildman–Crippen MR) is 97.3 cm³/mol. The van der Waals surface area contributed by atoms with Crippen LogP contribution in [0.4, 0.5) is 16.2 Å². The van der Waals surface area contributed by atoms with Gasteiger partial charge in [-0.05, 0) is 36.4 Å². The van der Waals surface area contributed by atoms with Crippen molar-refractivity contribution < 1.29 is 22.9 Å². The molecule has 12 heteroatoms. The van der Waals surface area contributed by atoms with Gasteiger partial charge in [0.15, 0.2) is 0 Å². The molecule has 2 aromatic rings. The van der Waals surface area contributed by atoms with Crippen molar-refractivity contribution in [2.24, 2.45) is 0 Å². The van der Waals surface area contributed by atoms with E-state index in [-0.39, 0.29) is 9.92 Å². The monoisotopic (exact) mass is 412 g/mol. The topological polar surface area (TPSA) is 148 Å². The maximum absolute atomic E-state index is 12.3. The Morgan fingerprint density at radius 1 is 1.11 bits per heavy atom. The molecule has 0 fully saturated rings. The molecule has 2 rings (SSSR count). The van der Waals surface area contributed by atoms with E-state index in [0.717, 1.165) is 24.3 Å². The highest BCUT2D eigenvalue weighted by atomic mass is 35.5. The molecule has 0 aliphatic heterocycles. The average molecular weight is 413 g/mol. The zero-order valence-corrected chi connectivity index (χ0v) is 15.3. The number of carbonyl (C=O) groups excluding carboxylic acids is 2.